The van der Waals surface area contributed by atoms with E-state index in [9.17, 15) is 49.5 Å². The first-order valence-corrected chi connectivity index (χ1v) is 17.3. The fraction of sp³-hybridized carbons (Fsp3) is 0.395. The highest BCUT2D eigenvalue weighted by Gasteiger charge is 2.81. The molecule has 274 valence electrons. The fourth-order valence-corrected chi connectivity index (χ4v) is 9.94. The number of likely N-dealkylation sites (N-methyl/N-ethyl adjacent to an activating group) is 2. The highest BCUT2D eigenvalue weighted by molar-refractivity contribution is 5.89. The number of aliphatic carboxylic acids is 2. The lowest BCUT2D eigenvalue weighted by Gasteiger charge is -2.46. The van der Waals surface area contributed by atoms with Gasteiger partial charge in [0.15, 0.2) is 11.9 Å². The van der Waals surface area contributed by atoms with Crippen LogP contribution >= 0.6 is 0 Å². The normalized spacial score (nSPS) is 34.9. The maximum atomic E-state index is 13.1. The molecule has 6 N–H and O–H groups in total. The van der Waals surface area contributed by atoms with Crippen LogP contribution in [0.25, 0.3) is 0 Å². The number of likely N-dealkylation sites (tertiary alicyclic amines) is 1. The third kappa shape index (κ3) is 4.67. The standard InChI is InChI=1S/C23H24N2O6.C15H18N2O4/c1-3-24(21(28)29)18-12-8-7-11-16(18)17-13-23(2,20(26)27)25(19(17)24,22(30)31)14-15-9-5-4-6-10-15;1-3-17(14(20)21)11-7-5-4-6-9(11)10-8-15(2,13(18)19)16-12(10)17/h4-12,17,19H,3,13-14H2,1-2H3,(H-2,26,27,28,29,30,31);4-7,10,12,16H,3,8H2,1-2H3,(H-,18,19,20,21)/p+3/t;10-,12+,15+,17?/m.1/s1. The summed E-state index contributed by atoms with van der Waals surface area (Å²) in [5.41, 5.74) is 0.825. The van der Waals surface area contributed by atoms with E-state index in [0.29, 0.717) is 24.2 Å². The molecule has 4 aliphatic heterocycles. The number of benzene rings is 3. The number of carboxylic acid groups (broad SMARTS) is 5. The predicted molar refractivity (Wildman–Crippen MR) is 190 cm³/mol. The van der Waals surface area contributed by atoms with E-state index >= 15 is 0 Å². The molecule has 7 rings (SSSR count). The van der Waals surface area contributed by atoms with Crippen LogP contribution in [0.4, 0.5) is 25.8 Å². The summed E-state index contributed by atoms with van der Waals surface area (Å²) >= 11 is 0. The summed E-state index contributed by atoms with van der Waals surface area (Å²) < 4.78 is -1.74. The number of para-hydroxylation sites is 2. The molecule has 6 unspecified atom stereocenters. The van der Waals surface area contributed by atoms with Crippen molar-refractivity contribution in [2.24, 2.45) is 0 Å². The molecule has 0 aromatic heterocycles. The Bertz CT molecular complexity index is 1980. The van der Waals surface area contributed by atoms with Gasteiger partial charge in [-0.1, -0.05) is 66.7 Å². The second-order valence-corrected chi connectivity index (χ2v) is 14.7. The van der Waals surface area contributed by atoms with Crippen molar-refractivity contribution in [3.63, 3.8) is 0 Å². The van der Waals surface area contributed by atoms with Crippen LogP contribution in [0.2, 0.25) is 0 Å². The van der Waals surface area contributed by atoms with Crippen molar-refractivity contribution in [2.75, 3.05) is 13.1 Å². The molecule has 0 spiro atoms. The van der Waals surface area contributed by atoms with Crippen LogP contribution in [0.15, 0.2) is 78.9 Å². The Labute approximate surface area is 300 Å². The quantitative estimate of drug-likeness (QED) is 0.163. The van der Waals surface area contributed by atoms with E-state index < -0.39 is 68.5 Å². The molecule has 52 heavy (non-hydrogen) atoms. The molecule has 3 amide bonds. The molecule has 9 atom stereocenters. The summed E-state index contributed by atoms with van der Waals surface area (Å²) in [4.78, 5) is 62.1. The van der Waals surface area contributed by atoms with Gasteiger partial charge in [0.25, 0.3) is 0 Å². The molecule has 2 fully saturated rings. The Kier molecular flexibility index (Phi) is 8.82. The van der Waals surface area contributed by atoms with E-state index in [0.717, 1.165) is 16.8 Å². The van der Waals surface area contributed by atoms with Crippen molar-refractivity contribution in [3.05, 3.63) is 95.6 Å². The number of carboxylic acids is 2. The zero-order valence-corrected chi connectivity index (χ0v) is 29.5. The van der Waals surface area contributed by atoms with Crippen LogP contribution in [0.1, 0.15) is 69.1 Å². The van der Waals surface area contributed by atoms with Gasteiger partial charge in [-0.25, -0.2) is 4.79 Å². The van der Waals surface area contributed by atoms with Crippen LogP contribution in [0.5, 0.6) is 0 Å². The lowest BCUT2D eigenvalue weighted by molar-refractivity contribution is -0.927. The zero-order chi connectivity index (χ0) is 38.0. The summed E-state index contributed by atoms with van der Waals surface area (Å²) in [6.45, 7) is 6.96. The van der Waals surface area contributed by atoms with Gasteiger partial charge in [0.2, 0.25) is 11.7 Å². The summed E-state index contributed by atoms with van der Waals surface area (Å²) in [7, 11) is 0. The molecule has 14 nitrogen and oxygen atoms in total. The number of hydrogen-bond acceptors (Lipinski definition) is 6. The summed E-state index contributed by atoms with van der Waals surface area (Å²) in [6, 6.07) is 23.4. The van der Waals surface area contributed by atoms with Gasteiger partial charge in [-0.05, 0) is 27.2 Å². The molecule has 3 aromatic carbocycles. The van der Waals surface area contributed by atoms with Crippen molar-refractivity contribution < 1.29 is 54.0 Å². The van der Waals surface area contributed by atoms with Crippen LogP contribution in [-0.2, 0) is 16.1 Å². The average Bonchev–Trinajstić information content (AvgIpc) is 3.78. The van der Waals surface area contributed by atoms with Crippen molar-refractivity contribution in [1.82, 2.24) is 14.3 Å². The molecule has 3 aromatic rings. The van der Waals surface area contributed by atoms with Gasteiger partial charge in [-0.3, -0.25) is 10.1 Å². The zero-order valence-electron chi connectivity index (χ0n) is 29.5. The van der Waals surface area contributed by atoms with Gasteiger partial charge in [-0.2, -0.15) is 23.3 Å². The van der Waals surface area contributed by atoms with Crippen LogP contribution in [-0.4, -0.2) is 96.7 Å². The van der Waals surface area contributed by atoms with Gasteiger partial charge in [0.05, 0.1) is 19.0 Å². The molecule has 4 heterocycles. The average molecular weight is 718 g/mol. The fourth-order valence-electron chi connectivity index (χ4n) is 9.94. The third-order valence-electron chi connectivity index (χ3n) is 12.5. The van der Waals surface area contributed by atoms with Gasteiger partial charge in [-0.15, -0.1) is 4.48 Å². The van der Waals surface area contributed by atoms with Gasteiger partial charge < -0.3 is 25.5 Å². The number of nitrogens with one attached hydrogen (secondary N) is 1. The second kappa shape index (κ2) is 12.5. The van der Waals surface area contributed by atoms with E-state index in [1.54, 1.807) is 68.4 Å². The minimum absolute atomic E-state index is 0.0381. The first-order chi connectivity index (χ1) is 24.5. The lowest BCUT2D eigenvalue weighted by Crippen LogP contribution is -2.77. The van der Waals surface area contributed by atoms with E-state index in [2.05, 4.69) is 5.32 Å². The van der Waals surface area contributed by atoms with E-state index in [1.807, 2.05) is 31.2 Å². The molecular formula is C38H45N4O10+3. The molecule has 0 saturated carbocycles. The number of hydrogen-bond donors (Lipinski definition) is 6. The minimum atomic E-state index is -1.71. The van der Waals surface area contributed by atoms with Crippen LogP contribution in [0.3, 0.4) is 0 Å². The summed E-state index contributed by atoms with van der Waals surface area (Å²) in [5.74, 6) is -2.79. The van der Waals surface area contributed by atoms with Crippen molar-refractivity contribution in [1.29, 1.82) is 0 Å². The number of fused-ring (bicyclic) bond motifs is 6. The van der Waals surface area contributed by atoms with Gasteiger partial charge >= 0.3 is 30.2 Å². The van der Waals surface area contributed by atoms with Crippen LogP contribution < -0.4 is 14.3 Å². The molecular weight excluding hydrogens is 672 g/mol. The predicted octanol–water partition coefficient (Wildman–Crippen LogP) is 6.01. The number of carbonyl (C=O) groups is 5. The van der Waals surface area contributed by atoms with Gasteiger partial charge in [0, 0.05) is 42.2 Å². The number of rotatable bonds is 6. The Morgan fingerprint density at radius 3 is 1.63 bits per heavy atom. The van der Waals surface area contributed by atoms with Crippen molar-refractivity contribution in [2.45, 2.75) is 82.3 Å². The Hall–Kier alpha value is -5.15. The van der Waals surface area contributed by atoms with Gasteiger partial charge in [0.1, 0.15) is 23.7 Å². The van der Waals surface area contributed by atoms with Crippen molar-refractivity contribution >= 4 is 41.6 Å². The third-order valence-corrected chi connectivity index (χ3v) is 12.5. The summed E-state index contributed by atoms with van der Waals surface area (Å²) in [5, 5.41) is 53.8. The second-order valence-electron chi connectivity index (χ2n) is 14.7. The largest absolute Gasteiger partial charge is 0.523 e. The summed E-state index contributed by atoms with van der Waals surface area (Å²) in [6.07, 6.45) is -4.46. The Morgan fingerprint density at radius 1 is 0.654 bits per heavy atom. The van der Waals surface area contributed by atoms with E-state index in [4.69, 9.17) is 0 Å². The van der Waals surface area contributed by atoms with E-state index in [1.165, 1.54) is 6.92 Å². The first-order valence-electron chi connectivity index (χ1n) is 17.3. The monoisotopic (exact) mass is 717 g/mol. The minimum Gasteiger partial charge on any atom is -0.480 e. The molecule has 0 radical (unpaired) electrons. The van der Waals surface area contributed by atoms with Crippen LogP contribution in [0, 0.1) is 0 Å². The topological polar surface area (TPSA) is 199 Å². The first kappa shape index (κ1) is 36.6. The molecule has 0 bridgehead atoms. The maximum Gasteiger partial charge on any atom is 0.523 e. The smallest absolute Gasteiger partial charge is 0.480 e. The van der Waals surface area contributed by atoms with Crippen molar-refractivity contribution in [3.8, 4) is 0 Å². The Balaban J connectivity index is 0.000000192. The number of nitrogens with zero attached hydrogens (tertiary/aromatic N) is 3. The maximum absolute atomic E-state index is 13.1. The lowest BCUT2D eigenvalue weighted by atomic mass is 9.89. The number of amides is 3. The SMILES string of the molecule is CC[N+]1(C(=O)O)c2ccccc2C2CC(C)(C(=O)O)[N+](Cc3ccccc3)(C(=O)O)C21.CC[N+]1(C(=O)O)c2ccccc2[C@H]2C[C@@](C)(C(=O)O)N[C@H]21. The van der Waals surface area contributed by atoms with E-state index in [-0.39, 0.29) is 29.9 Å². The highest BCUT2D eigenvalue weighted by atomic mass is 16.4. The Morgan fingerprint density at radius 2 is 1.15 bits per heavy atom. The molecule has 14 heteroatoms. The number of quaternary nitrogens is 3. The molecule has 2 saturated heterocycles. The molecule has 0 aliphatic carbocycles. The molecule has 4 aliphatic rings. The highest BCUT2D eigenvalue weighted by Crippen LogP contribution is 2.61.